The number of rotatable bonds is 9. The quantitative estimate of drug-likeness (QED) is 0.332. The van der Waals surface area contributed by atoms with Gasteiger partial charge in [0.25, 0.3) is 0 Å². The van der Waals surface area contributed by atoms with Gasteiger partial charge in [0.2, 0.25) is 0 Å². The Bertz CT molecular complexity index is 1360. The lowest BCUT2D eigenvalue weighted by Crippen LogP contribution is -2.25. The zero-order valence-corrected chi connectivity index (χ0v) is 22.0. The SMILES string of the molecule is CCn1c(CCCc2cccc(-c3cccc(CN)c3)c2)nn(Cc2ccc(C(C)(C)C)cc2)c1=O. The molecule has 0 atom stereocenters. The number of hydrogen-bond donors (Lipinski definition) is 1. The lowest BCUT2D eigenvalue weighted by Gasteiger charge is -2.19. The summed E-state index contributed by atoms with van der Waals surface area (Å²) >= 11 is 0. The molecule has 0 saturated heterocycles. The molecule has 0 aliphatic rings. The summed E-state index contributed by atoms with van der Waals surface area (Å²) < 4.78 is 3.41. The van der Waals surface area contributed by atoms with Gasteiger partial charge in [-0.2, -0.15) is 5.10 Å². The molecular formula is C31H38N4O. The summed E-state index contributed by atoms with van der Waals surface area (Å²) in [6.07, 6.45) is 2.64. The van der Waals surface area contributed by atoms with Crippen molar-refractivity contribution < 1.29 is 0 Å². The maximum absolute atomic E-state index is 13.0. The van der Waals surface area contributed by atoms with Crippen molar-refractivity contribution in [2.24, 2.45) is 5.73 Å². The Morgan fingerprint density at radius 1 is 0.833 bits per heavy atom. The van der Waals surface area contributed by atoms with Crippen LogP contribution in [0.4, 0.5) is 0 Å². The fourth-order valence-corrected chi connectivity index (χ4v) is 4.61. The Balaban J connectivity index is 1.43. The van der Waals surface area contributed by atoms with Gasteiger partial charge in [0, 0.05) is 19.5 Å². The topological polar surface area (TPSA) is 65.8 Å². The molecule has 0 aliphatic heterocycles. The average molecular weight is 483 g/mol. The second-order valence-corrected chi connectivity index (χ2v) is 10.5. The third-order valence-electron chi connectivity index (χ3n) is 6.76. The van der Waals surface area contributed by atoms with Gasteiger partial charge in [-0.3, -0.25) is 4.57 Å². The van der Waals surface area contributed by atoms with Gasteiger partial charge >= 0.3 is 5.69 Å². The molecule has 188 valence electrons. The highest BCUT2D eigenvalue weighted by atomic mass is 16.2. The largest absolute Gasteiger partial charge is 0.346 e. The van der Waals surface area contributed by atoms with Gasteiger partial charge in [0.05, 0.1) is 6.54 Å². The minimum Gasteiger partial charge on any atom is -0.326 e. The number of nitrogens with two attached hydrogens (primary N) is 1. The normalized spacial score (nSPS) is 11.7. The van der Waals surface area contributed by atoms with Gasteiger partial charge in [0.15, 0.2) is 0 Å². The molecule has 0 saturated carbocycles. The maximum Gasteiger partial charge on any atom is 0.346 e. The van der Waals surface area contributed by atoms with Gasteiger partial charge in [-0.15, -0.1) is 0 Å². The summed E-state index contributed by atoms with van der Waals surface area (Å²) in [5.74, 6) is 0.862. The molecular weight excluding hydrogens is 444 g/mol. The second-order valence-electron chi connectivity index (χ2n) is 10.5. The van der Waals surface area contributed by atoms with Crippen LogP contribution in [0.1, 0.15) is 62.2 Å². The van der Waals surface area contributed by atoms with Gasteiger partial charge in [-0.25, -0.2) is 9.48 Å². The third kappa shape index (κ3) is 6.03. The second kappa shape index (κ2) is 11.1. The van der Waals surface area contributed by atoms with E-state index < -0.39 is 0 Å². The van der Waals surface area contributed by atoms with Crippen LogP contribution in [-0.4, -0.2) is 14.3 Å². The van der Waals surface area contributed by atoms with Gasteiger partial charge in [-0.1, -0.05) is 87.5 Å². The van der Waals surface area contributed by atoms with Crippen molar-refractivity contribution in [3.63, 3.8) is 0 Å². The first-order chi connectivity index (χ1) is 17.3. The highest BCUT2D eigenvalue weighted by Crippen LogP contribution is 2.23. The van der Waals surface area contributed by atoms with E-state index in [9.17, 15) is 4.79 Å². The molecule has 2 N–H and O–H groups in total. The summed E-state index contributed by atoms with van der Waals surface area (Å²) in [4.78, 5) is 13.0. The Morgan fingerprint density at radius 3 is 2.08 bits per heavy atom. The van der Waals surface area contributed by atoms with Crippen LogP contribution in [0.5, 0.6) is 0 Å². The van der Waals surface area contributed by atoms with E-state index in [1.54, 1.807) is 9.25 Å². The van der Waals surface area contributed by atoms with Crippen LogP contribution in [0.15, 0.2) is 77.6 Å². The molecule has 5 heteroatoms. The zero-order chi connectivity index (χ0) is 25.7. The van der Waals surface area contributed by atoms with E-state index in [0.29, 0.717) is 19.6 Å². The van der Waals surface area contributed by atoms with Crippen molar-refractivity contribution >= 4 is 0 Å². The van der Waals surface area contributed by atoms with E-state index in [1.165, 1.54) is 22.3 Å². The van der Waals surface area contributed by atoms with Crippen molar-refractivity contribution in [2.45, 2.75) is 72.0 Å². The summed E-state index contributed by atoms with van der Waals surface area (Å²) in [5, 5.41) is 4.72. The molecule has 0 amide bonds. The third-order valence-corrected chi connectivity index (χ3v) is 6.76. The highest BCUT2D eigenvalue weighted by Gasteiger charge is 2.15. The van der Waals surface area contributed by atoms with Crippen molar-refractivity contribution in [3.05, 3.63) is 111 Å². The molecule has 0 fully saturated rings. The predicted octanol–water partition coefficient (Wildman–Crippen LogP) is 5.71. The standard InChI is InChI=1S/C31H38N4O/c1-5-34-29(33-35(30(34)36)22-24-15-17-28(18-16-24)31(2,3)4)14-8-10-23-9-6-12-26(19-23)27-13-7-11-25(20-27)21-32/h6-7,9,11-13,15-20H,5,8,10,14,21-22,32H2,1-4H3. The molecule has 0 aliphatic carbocycles. The van der Waals surface area contributed by atoms with Crippen LogP contribution >= 0.6 is 0 Å². The van der Waals surface area contributed by atoms with Crippen molar-refractivity contribution in [1.29, 1.82) is 0 Å². The minimum atomic E-state index is -0.0332. The highest BCUT2D eigenvalue weighted by molar-refractivity contribution is 5.65. The molecule has 0 bridgehead atoms. The van der Waals surface area contributed by atoms with Crippen molar-refractivity contribution in [2.75, 3.05) is 0 Å². The van der Waals surface area contributed by atoms with Crippen LogP contribution < -0.4 is 11.4 Å². The molecule has 36 heavy (non-hydrogen) atoms. The van der Waals surface area contributed by atoms with Crippen LogP contribution in [0, 0.1) is 0 Å². The fraction of sp³-hybridized carbons (Fsp3) is 0.355. The average Bonchev–Trinajstić information content (AvgIpc) is 3.17. The smallest absolute Gasteiger partial charge is 0.326 e. The summed E-state index contributed by atoms with van der Waals surface area (Å²) in [5.41, 5.74) is 13.1. The van der Waals surface area contributed by atoms with E-state index >= 15 is 0 Å². The lowest BCUT2D eigenvalue weighted by atomic mass is 9.87. The zero-order valence-electron chi connectivity index (χ0n) is 22.0. The molecule has 4 rings (SSSR count). The van der Waals surface area contributed by atoms with Gasteiger partial charge in [0.1, 0.15) is 5.82 Å². The van der Waals surface area contributed by atoms with Crippen LogP contribution in [0.2, 0.25) is 0 Å². The molecule has 4 aromatic rings. The van der Waals surface area contributed by atoms with E-state index in [4.69, 9.17) is 10.8 Å². The van der Waals surface area contributed by atoms with Gasteiger partial charge < -0.3 is 5.73 Å². The fourth-order valence-electron chi connectivity index (χ4n) is 4.61. The maximum atomic E-state index is 13.0. The van der Waals surface area contributed by atoms with Gasteiger partial charge in [-0.05, 0) is 64.6 Å². The first kappa shape index (κ1) is 25.6. The number of aromatic nitrogens is 3. The molecule has 0 radical (unpaired) electrons. The number of hydrogen-bond acceptors (Lipinski definition) is 3. The minimum absolute atomic E-state index is 0.0332. The first-order valence-corrected chi connectivity index (χ1v) is 12.9. The monoisotopic (exact) mass is 482 g/mol. The van der Waals surface area contributed by atoms with E-state index in [0.717, 1.165) is 36.2 Å². The molecule has 1 heterocycles. The molecule has 3 aromatic carbocycles. The Kier molecular flexibility index (Phi) is 7.90. The van der Waals surface area contributed by atoms with E-state index in [1.807, 2.05) is 6.92 Å². The summed E-state index contributed by atoms with van der Waals surface area (Å²) in [7, 11) is 0. The van der Waals surface area contributed by atoms with Crippen molar-refractivity contribution in [3.8, 4) is 11.1 Å². The van der Waals surface area contributed by atoms with E-state index in [2.05, 4.69) is 93.6 Å². The molecule has 0 spiro atoms. The Hall–Kier alpha value is -3.44. The first-order valence-electron chi connectivity index (χ1n) is 12.9. The van der Waals surface area contributed by atoms with Crippen molar-refractivity contribution in [1.82, 2.24) is 14.3 Å². The Morgan fingerprint density at radius 2 is 1.47 bits per heavy atom. The van der Waals surface area contributed by atoms with Crippen LogP contribution in [0.3, 0.4) is 0 Å². The molecule has 1 aromatic heterocycles. The summed E-state index contributed by atoms with van der Waals surface area (Å²) in [6.45, 7) is 10.3. The van der Waals surface area contributed by atoms with Crippen LogP contribution in [0.25, 0.3) is 11.1 Å². The molecule has 5 nitrogen and oxygen atoms in total. The summed E-state index contributed by atoms with van der Waals surface area (Å²) in [6, 6.07) is 25.6. The number of aryl methyl sites for hydroxylation is 2. The molecule has 0 unspecified atom stereocenters. The Labute approximate surface area is 214 Å². The number of benzene rings is 3. The number of nitrogens with zero attached hydrogens (tertiary/aromatic N) is 3. The predicted molar refractivity (Wildman–Crippen MR) is 148 cm³/mol. The van der Waals surface area contributed by atoms with E-state index in [-0.39, 0.29) is 11.1 Å². The lowest BCUT2D eigenvalue weighted by molar-refractivity contribution is 0.588. The van der Waals surface area contributed by atoms with Crippen LogP contribution in [-0.2, 0) is 37.9 Å².